The molecular formula is C26H32N2O5S. The van der Waals surface area contributed by atoms with Crippen molar-refractivity contribution in [1.82, 2.24) is 9.80 Å². The number of hydrogen-bond donors (Lipinski definition) is 1. The van der Waals surface area contributed by atoms with Gasteiger partial charge >= 0.3 is 0 Å². The predicted octanol–water partition coefficient (Wildman–Crippen LogP) is 3.66. The summed E-state index contributed by atoms with van der Waals surface area (Å²) in [6.07, 6.45) is 1.75. The van der Waals surface area contributed by atoms with Crippen LogP contribution in [0.4, 0.5) is 0 Å². The SMILES string of the molecule is COC[C@H](O)CN(CC(=O)N1CCc2sccc2[C@H]1COc1ccc(C)cc1)Cc1ccco1. The van der Waals surface area contributed by atoms with Gasteiger partial charge in [-0.3, -0.25) is 9.69 Å². The van der Waals surface area contributed by atoms with Crippen molar-refractivity contribution in [3.05, 3.63) is 75.9 Å². The minimum atomic E-state index is -0.696. The second kappa shape index (κ2) is 11.7. The van der Waals surface area contributed by atoms with E-state index in [1.54, 1.807) is 24.7 Å². The van der Waals surface area contributed by atoms with Crippen LogP contribution in [0.15, 0.2) is 58.5 Å². The molecule has 0 bridgehead atoms. The Labute approximate surface area is 204 Å². The number of fused-ring (bicyclic) bond motifs is 1. The molecule has 2 aromatic heterocycles. The zero-order chi connectivity index (χ0) is 23.9. The third-order valence-corrected chi connectivity index (χ3v) is 6.99. The number of rotatable bonds is 11. The third-order valence-electron chi connectivity index (χ3n) is 5.99. The Morgan fingerprint density at radius 3 is 2.85 bits per heavy atom. The highest BCUT2D eigenvalue weighted by Crippen LogP contribution is 2.34. The van der Waals surface area contributed by atoms with Gasteiger partial charge in [0.25, 0.3) is 0 Å². The van der Waals surface area contributed by atoms with Crippen molar-refractivity contribution in [3.8, 4) is 5.75 Å². The van der Waals surface area contributed by atoms with Crippen LogP contribution in [0.1, 0.15) is 27.8 Å². The minimum absolute atomic E-state index is 0.00512. The first-order chi connectivity index (χ1) is 16.5. The molecule has 1 aliphatic rings. The number of nitrogens with zero attached hydrogens (tertiary/aromatic N) is 2. The van der Waals surface area contributed by atoms with Crippen LogP contribution < -0.4 is 4.74 Å². The van der Waals surface area contributed by atoms with Gasteiger partial charge in [0.2, 0.25) is 5.91 Å². The third kappa shape index (κ3) is 6.27. The Hall–Kier alpha value is -2.65. The van der Waals surface area contributed by atoms with E-state index in [2.05, 4.69) is 11.4 Å². The summed E-state index contributed by atoms with van der Waals surface area (Å²) in [6.45, 7) is 4.19. The number of methoxy groups -OCH3 is 1. The molecule has 8 heteroatoms. The summed E-state index contributed by atoms with van der Waals surface area (Å²) < 4.78 is 16.7. The van der Waals surface area contributed by atoms with Gasteiger partial charge in [0.1, 0.15) is 18.1 Å². The van der Waals surface area contributed by atoms with Gasteiger partial charge in [-0.1, -0.05) is 17.7 Å². The quantitative estimate of drug-likeness (QED) is 0.448. The van der Waals surface area contributed by atoms with Crippen LogP contribution in [-0.2, 0) is 22.5 Å². The highest BCUT2D eigenvalue weighted by molar-refractivity contribution is 7.10. The highest BCUT2D eigenvalue weighted by Gasteiger charge is 2.33. The van der Waals surface area contributed by atoms with E-state index in [9.17, 15) is 9.90 Å². The number of aliphatic hydroxyl groups excluding tert-OH is 1. The molecule has 1 aromatic carbocycles. The van der Waals surface area contributed by atoms with E-state index in [0.29, 0.717) is 26.2 Å². The second-order valence-corrected chi connectivity index (χ2v) is 9.63. The van der Waals surface area contributed by atoms with E-state index < -0.39 is 6.10 Å². The molecule has 1 N–H and O–H groups in total. The maximum Gasteiger partial charge on any atom is 0.237 e. The molecule has 7 nitrogen and oxygen atoms in total. The van der Waals surface area contributed by atoms with Crippen molar-refractivity contribution in [2.24, 2.45) is 0 Å². The minimum Gasteiger partial charge on any atom is -0.491 e. The molecule has 0 saturated heterocycles. The molecule has 0 spiro atoms. The van der Waals surface area contributed by atoms with E-state index in [1.165, 1.54) is 10.4 Å². The summed E-state index contributed by atoms with van der Waals surface area (Å²) >= 11 is 1.73. The average molecular weight is 485 g/mol. The number of benzene rings is 1. The van der Waals surface area contributed by atoms with Gasteiger partial charge in [-0.05, 0) is 54.6 Å². The first-order valence-electron chi connectivity index (χ1n) is 11.5. The van der Waals surface area contributed by atoms with Gasteiger partial charge in [-0.2, -0.15) is 0 Å². The van der Waals surface area contributed by atoms with E-state index in [-0.39, 0.29) is 25.1 Å². The summed E-state index contributed by atoms with van der Waals surface area (Å²) in [7, 11) is 1.55. The van der Waals surface area contributed by atoms with E-state index in [0.717, 1.165) is 23.5 Å². The molecule has 1 amide bonds. The molecule has 4 rings (SSSR count). The van der Waals surface area contributed by atoms with Crippen LogP contribution in [0.3, 0.4) is 0 Å². The lowest BCUT2D eigenvalue weighted by atomic mass is 10.0. The first kappa shape index (κ1) is 24.5. The Balaban J connectivity index is 1.48. The van der Waals surface area contributed by atoms with E-state index in [4.69, 9.17) is 13.9 Å². The lowest BCUT2D eigenvalue weighted by Gasteiger charge is -2.37. The fraction of sp³-hybridized carbons (Fsp3) is 0.423. The molecule has 1 aliphatic heterocycles. The molecule has 0 radical (unpaired) electrons. The monoisotopic (exact) mass is 484 g/mol. The van der Waals surface area contributed by atoms with Crippen LogP contribution in [0.5, 0.6) is 5.75 Å². The summed E-state index contributed by atoms with van der Waals surface area (Å²) in [6, 6.07) is 13.6. The Morgan fingerprint density at radius 2 is 2.12 bits per heavy atom. The smallest absolute Gasteiger partial charge is 0.237 e. The van der Waals surface area contributed by atoms with E-state index in [1.807, 2.05) is 53.1 Å². The molecule has 0 aliphatic carbocycles. The fourth-order valence-electron chi connectivity index (χ4n) is 4.32. The van der Waals surface area contributed by atoms with Crippen LogP contribution in [0, 0.1) is 6.92 Å². The summed E-state index contributed by atoms with van der Waals surface area (Å²) in [5.41, 5.74) is 2.34. The van der Waals surface area contributed by atoms with Crippen LogP contribution in [0.25, 0.3) is 0 Å². The number of amides is 1. The van der Waals surface area contributed by atoms with Gasteiger partial charge in [-0.25, -0.2) is 0 Å². The number of aryl methyl sites for hydroxylation is 1. The van der Waals surface area contributed by atoms with Crippen molar-refractivity contribution < 1.29 is 23.8 Å². The number of ether oxygens (including phenoxy) is 2. The number of hydrogen-bond acceptors (Lipinski definition) is 7. The Kier molecular flexibility index (Phi) is 8.39. The van der Waals surface area contributed by atoms with Crippen molar-refractivity contribution >= 4 is 17.2 Å². The lowest BCUT2D eigenvalue weighted by Crippen LogP contribution is -2.47. The molecule has 0 saturated carbocycles. The molecule has 0 unspecified atom stereocenters. The van der Waals surface area contributed by atoms with Crippen LogP contribution >= 0.6 is 11.3 Å². The van der Waals surface area contributed by atoms with Crippen molar-refractivity contribution in [2.75, 3.05) is 40.0 Å². The first-order valence-corrected chi connectivity index (χ1v) is 12.4. The summed E-state index contributed by atoms with van der Waals surface area (Å²) in [5.74, 6) is 1.54. The molecule has 3 heterocycles. The van der Waals surface area contributed by atoms with Gasteiger partial charge in [0.15, 0.2) is 0 Å². The molecule has 34 heavy (non-hydrogen) atoms. The molecule has 2 atom stereocenters. The van der Waals surface area contributed by atoms with Gasteiger partial charge in [0.05, 0.1) is 38.1 Å². The second-order valence-electron chi connectivity index (χ2n) is 8.63. The van der Waals surface area contributed by atoms with Crippen molar-refractivity contribution in [2.45, 2.75) is 32.0 Å². The predicted molar refractivity (Wildman–Crippen MR) is 131 cm³/mol. The molecule has 3 aromatic rings. The summed E-state index contributed by atoms with van der Waals surface area (Å²) in [5, 5.41) is 12.4. The van der Waals surface area contributed by atoms with Crippen molar-refractivity contribution in [3.63, 3.8) is 0 Å². The number of aliphatic hydroxyl groups is 1. The normalized spacial score (nSPS) is 16.5. The summed E-state index contributed by atoms with van der Waals surface area (Å²) in [4.78, 5) is 18.7. The topological polar surface area (TPSA) is 75.4 Å². The average Bonchev–Trinajstić information content (AvgIpc) is 3.50. The standard InChI is InChI=1S/C26H32N2O5S/c1-19-5-7-21(8-6-19)33-18-24-23-10-13-34-25(23)9-11-28(24)26(30)16-27(14-20(29)17-31-2)15-22-4-3-12-32-22/h3-8,10,12-13,20,24,29H,9,11,14-18H2,1-2H3/t20-,24-/m1/s1. The largest absolute Gasteiger partial charge is 0.491 e. The molecule has 0 fully saturated rings. The van der Waals surface area contributed by atoms with E-state index >= 15 is 0 Å². The van der Waals surface area contributed by atoms with Crippen molar-refractivity contribution in [1.29, 1.82) is 0 Å². The Bertz CT molecular complexity index is 1030. The lowest BCUT2D eigenvalue weighted by molar-refractivity contribution is -0.136. The maximum absolute atomic E-state index is 13.6. The maximum atomic E-state index is 13.6. The highest BCUT2D eigenvalue weighted by atomic mass is 32.1. The zero-order valence-electron chi connectivity index (χ0n) is 19.7. The molecule has 182 valence electrons. The number of carbonyl (C=O) groups excluding carboxylic acids is 1. The zero-order valence-corrected chi connectivity index (χ0v) is 20.5. The van der Waals surface area contributed by atoms with Gasteiger partial charge < -0.3 is 23.9 Å². The van der Waals surface area contributed by atoms with Gasteiger partial charge in [0, 0.05) is 25.1 Å². The number of carbonyl (C=O) groups is 1. The number of thiophene rings is 1. The van der Waals surface area contributed by atoms with Crippen LogP contribution in [0.2, 0.25) is 0 Å². The Morgan fingerprint density at radius 1 is 1.29 bits per heavy atom. The number of furan rings is 1. The van der Waals surface area contributed by atoms with Crippen LogP contribution in [-0.4, -0.2) is 66.9 Å². The van der Waals surface area contributed by atoms with Gasteiger partial charge in [-0.15, -0.1) is 11.3 Å². The fourth-order valence-corrected chi connectivity index (χ4v) is 5.25. The molecular weight excluding hydrogens is 452 g/mol.